The zero-order valence-corrected chi connectivity index (χ0v) is 16.6. The lowest BCUT2D eigenvalue weighted by Crippen LogP contribution is -2.60. The quantitative estimate of drug-likeness (QED) is 0.633. The normalized spacial score (nSPS) is 41.2. The number of halogens is 1. The Bertz CT molecular complexity index is 703. The molecule has 0 unspecified atom stereocenters. The largest absolute Gasteiger partial charge is 0.508 e. The Morgan fingerprint density at radius 2 is 1.68 bits per heavy atom. The van der Waals surface area contributed by atoms with Crippen LogP contribution in [0.25, 0.3) is 0 Å². The van der Waals surface area contributed by atoms with Crippen molar-refractivity contribution >= 4 is 12.4 Å². The number of phenolic OH excluding ortho intramolecular Hbond substituents is 2. The number of benzene rings is 1. The Balaban J connectivity index is 0.00000182. The molecule has 4 rings (SSSR count). The predicted octanol–water partition coefficient (Wildman–Crippen LogP) is 4.51. The van der Waals surface area contributed by atoms with Crippen molar-refractivity contribution in [2.75, 3.05) is 0 Å². The van der Waals surface area contributed by atoms with Crippen molar-refractivity contribution in [3.63, 3.8) is 0 Å². The number of rotatable bonds is 0. The van der Waals surface area contributed by atoms with Crippen LogP contribution in [0, 0.1) is 22.7 Å². The number of hydrogen-bond donors (Lipinski definition) is 3. The highest BCUT2D eigenvalue weighted by Crippen LogP contribution is 2.68. The van der Waals surface area contributed by atoms with Gasteiger partial charge in [-0.25, -0.2) is 0 Å². The van der Waals surface area contributed by atoms with Gasteiger partial charge in [0.1, 0.15) is 11.5 Å². The minimum atomic E-state index is 0. The maximum Gasteiger partial charge on any atom is 0.123 e. The topological polar surface area (TPSA) is 66.5 Å². The molecule has 0 amide bonds. The Hall–Kier alpha value is -0.930. The van der Waals surface area contributed by atoms with Gasteiger partial charge in [0.2, 0.25) is 0 Å². The molecule has 4 heteroatoms. The first-order chi connectivity index (χ1) is 11.1. The highest BCUT2D eigenvalue weighted by Gasteiger charge is 2.62. The average Bonchev–Trinajstić information content (AvgIpc) is 2.77. The number of phenols is 2. The van der Waals surface area contributed by atoms with Crippen LogP contribution in [0.2, 0.25) is 0 Å². The van der Waals surface area contributed by atoms with E-state index in [9.17, 15) is 10.2 Å². The molecule has 1 aromatic rings. The summed E-state index contributed by atoms with van der Waals surface area (Å²) in [5.41, 5.74) is 9.16. The molecule has 3 nitrogen and oxygen atoms in total. The van der Waals surface area contributed by atoms with E-state index in [-0.39, 0.29) is 46.2 Å². The second-order valence-electron chi connectivity index (χ2n) is 9.74. The Morgan fingerprint density at radius 1 is 1.00 bits per heavy atom. The molecule has 5 atom stereocenters. The molecule has 0 bridgehead atoms. The van der Waals surface area contributed by atoms with Gasteiger partial charge in [0.25, 0.3) is 0 Å². The number of hydrogen-bond acceptors (Lipinski definition) is 3. The minimum Gasteiger partial charge on any atom is -0.508 e. The molecule has 2 saturated carbocycles. The van der Waals surface area contributed by atoms with Gasteiger partial charge in [0.15, 0.2) is 0 Å². The third kappa shape index (κ3) is 2.28. The van der Waals surface area contributed by atoms with Crippen molar-refractivity contribution in [2.45, 2.75) is 71.3 Å². The Kier molecular flexibility index (Phi) is 4.17. The van der Waals surface area contributed by atoms with Crippen molar-refractivity contribution in [2.24, 2.45) is 28.4 Å². The van der Waals surface area contributed by atoms with Gasteiger partial charge in [-0.05, 0) is 66.4 Å². The van der Waals surface area contributed by atoms with Gasteiger partial charge >= 0.3 is 0 Å². The van der Waals surface area contributed by atoms with Crippen LogP contribution in [0.15, 0.2) is 12.1 Å². The van der Waals surface area contributed by atoms with Crippen molar-refractivity contribution in [1.29, 1.82) is 0 Å². The zero-order valence-electron chi connectivity index (χ0n) is 15.8. The first-order valence-corrected chi connectivity index (χ1v) is 9.41. The molecular weight excluding hydrogens is 334 g/mol. The second-order valence-corrected chi connectivity index (χ2v) is 9.74. The highest BCUT2D eigenvalue weighted by molar-refractivity contribution is 5.85. The monoisotopic (exact) mass is 365 g/mol. The van der Waals surface area contributed by atoms with Gasteiger partial charge in [-0.1, -0.05) is 27.7 Å². The molecule has 1 aromatic carbocycles. The van der Waals surface area contributed by atoms with Crippen LogP contribution in [0.1, 0.15) is 64.5 Å². The highest BCUT2D eigenvalue weighted by atomic mass is 35.5. The summed E-state index contributed by atoms with van der Waals surface area (Å²) < 4.78 is 0. The smallest absolute Gasteiger partial charge is 0.123 e. The minimum absolute atomic E-state index is 0. The van der Waals surface area contributed by atoms with E-state index in [0.29, 0.717) is 11.8 Å². The van der Waals surface area contributed by atoms with Crippen molar-refractivity contribution < 1.29 is 10.2 Å². The van der Waals surface area contributed by atoms with E-state index in [4.69, 9.17) is 5.73 Å². The van der Waals surface area contributed by atoms with Crippen molar-refractivity contribution in [3.8, 4) is 11.5 Å². The van der Waals surface area contributed by atoms with Gasteiger partial charge in [-0.2, -0.15) is 0 Å². The summed E-state index contributed by atoms with van der Waals surface area (Å²) in [6, 6.07) is 3.67. The summed E-state index contributed by atoms with van der Waals surface area (Å²) in [6.45, 7) is 9.51. The lowest BCUT2D eigenvalue weighted by Gasteiger charge is -2.62. The molecule has 3 aliphatic carbocycles. The molecule has 25 heavy (non-hydrogen) atoms. The molecule has 0 aliphatic heterocycles. The summed E-state index contributed by atoms with van der Waals surface area (Å²) in [4.78, 5) is 0. The molecule has 0 heterocycles. The van der Waals surface area contributed by atoms with E-state index in [2.05, 4.69) is 27.7 Å². The van der Waals surface area contributed by atoms with E-state index in [1.54, 1.807) is 0 Å². The fraction of sp³-hybridized carbons (Fsp3) is 0.714. The molecule has 140 valence electrons. The van der Waals surface area contributed by atoms with Gasteiger partial charge < -0.3 is 15.9 Å². The molecule has 0 spiro atoms. The van der Waals surface area contributed by atoms with E-state index in [0.717, 1.165) is 30.4 Å². The first kappa shape index (κ1) is 18.8. The van der Waals surface area contributed by atoms with E-state index in [1.165, 1.54) is 18.9 Å². The van der Waals surface area contributed by atoms with Crippen LogP contribution < -0.4 is 5.73 Å². The molecule has 0 saturated heterocycles. The third-order valence-corrected chi connectivity index (χ3v) is 8.34. The molecule has 0 aromatic heterocycles. The van der Waals surface area contributed by atoms with Crippen LogP contribution in [0.3, 0.4) is 0 Å². The van der Waals surface area contributed by atoms with E-state index >= 15 is 0 Å². The number of aromatic hydroxyl groups is 2. The van der Waals surface area contributed by atoms with Crippen molar-refractivity contribution in [3.05, 3.63) is 23.3 Å². The van der Waals surface area contributed by atoms with Gasteiger partial charge in [0.05, 0.1) is 0 Å². The maximum atomic E-state index is 10.6. The number of nitrogens with two attached hydrogens (primary N) is 1. The van der Waals surface area contributed by atoms with Gasteiger partial charge in [0, 0.05) is 23.1 Å². The lowest BCUT2D eigenvalue weighted by atomic mass is 9.43. The average molecular weight is 366 g/mol. The van der Waals surface area contributed by atoms with Crippen LogP contribution in [0.4, 0.5) is 0 Å². The summed E-state index contributed by atoms with van der Waals surface area (Å²) in [5.74, 6) is 1.60. The zero-order chi connectivity index (χ0) is 17.5. The third-order valence-electron chi connectivity index (χ3n) is 8.34. The van der Waals surface area contributed by atoms with Crippen LogP contribution in [-0.4, -0.2) is 16.3 Å². The Morgan fingerprint density at radius 3 is 2.36 bits per heavy atom. The van der Waals surface area contributed by atoms with Gasteiger partial charge in [-0.15, -0.1) is 12.4 Å². The predicted molar refractivity (Wildman–Crippen MR) is 103 cm³/mol. The van der Waals surface area contributed by atoms with E-state index < -0.39 is 0 Å². The molecule has 4 N–H and O–H groups in total. The second kappa shape index (κ2) is 5.53. The SMILES string of the molecule is CC1(C)[C@H](N)CC[C@]2(C)[C@H]3Cc4cc(O)cc(O)c4[C@]3(C)CC[C@@H]12.Cl. The van der Waals surface area contributed by atoms with Gasteiger partial charge in [-0.3, -0.25) is 0 Å². The van der Waals surface area contributed by atoms with Crippen molar-refractivity contribution in [1.82, 2.24) is 0 Å². The number of fused-ring (bicyclic) bond motifs is 5. The molecular formula is C21H32ClNO2. The van der Waals surface area contributed by atoms with Crippen LogP contribution >= 0.6 is 12.4 Å². The lowest BCUT2D eigenvalue weighted by molar-refractivity contribution is -0.107. The molecule has 0 radical (unpaired) electrons. The summed E-state index contributed by atoms with van der Waals surface area (Å²) in [7, 11) is 0. The standard InChI is InChI=1S/C21H31NO2.ClH/c1-19(2)15-5-7-21(4)16(20(15,3)8-6-17(19)22)10-12-9-13(23)11-14(24)18(12)21;/h9,11,15-17,23-24H,5-8,10,22H2,1-4H3;1H/t15-,16+,17+,20-,21+;/m0./s1. The van der Waals surface area contributed by atoms with Crippen LogP contribution in [0.5, 0.6) is 11.5 Å². The maximum absolute atomic E-state index is 10.6. The summed E-state index contributed by atoms with van der Waals surface area (Å²) in [5, 5.41) is 20.5. The Labute approximate surface area is 157 Å². The summed E-state index contributed by atoms with van der Waals surface area (Å²) in [6.07, 6.45) is 5.49. The molecule has 2 fully saturated rings. The van der Waals surface area contributed by atoms with E-state index in [1.807, 2.05) is 6.07 Å². The molecule has 3 aliphatic rings. The first-order valence-electron chi connectivity index (χ1n) is 9.41. The fourth-order valence-corrected chi connectivity index (χ4v) is 7.05. The van der Waals surface area contributed by atoms with Crippen LogP contribution in [-0.2, 0) is 11.8 Å². The fourth-order valence-electron chi connectivity index (χ4n) is 7.05. The summed E-state index contributed by atoms with van der Waals surface area (Å²) >= 11 is 0.